The summed E-state index contributed by atoms with van der Waals surface area (Å²) in [5.74, 6) is 0.227. The van der Waals surface area contributed by atoms with Crippen molar-refractivity contribution in [2.45, 2.75) is 19.9 Å². The standard InChI is InChI=1S/C14H15BrFNS/c1-9(2)14(13-4-3-7-18-13)17-12-6-5-10(16)8-11(12)15/h3-9,14,17H,1-2H3. The van der Waals surface area contributed by atoms with Gasteiger partial charge in [0.15, 0.2) is 0 Å². The lowest BCUT2D eigenvalue weighted by Gasteiger charge is -2.23. The first-order valence-corrected chi connectivity index (χ1v) is 7.50. The maximum Gasteiger partial charge on any atom is 0.124 e. The highest BCUT2D eigenvalue weighted by molar-refractivity contribution is 9.10. The van der Waals surface area contributed by atoms with Crippen molar-refractivity contribution >= 4 is 33.0 Å². The summed E-state index contributed by atoms with van der Waals surface area (Å²) in [6.45, 7) is 4.35. The van der Waals surface area contributed by atoms with Crippen LogP contribution in [0.25, 0.3) is 0 Å². The van der Waals surface area contributed by atoms with Gasteiger partial charge in [0.2, 0.25) is 0 Å². The Labute approximate surface area is 119 Å². The Morgan fingerprint density at radius 3 is 2.61 bits per heavy atom. The third-order valence-corrected chi connectivity index (χ3v) is 4.37. The molecule has 1 nitrogen and oxygen atoms in total. The molecule has 0 fully saturated rings. The topological polar surface area (TPSA) is 12.0 Å². The number of nitrogens with one attached hydrogen (secondary N) is 1. The minimum Gasteiger partial charge on any atom is -0.376 e. The molecule has 0 aliphatic rings. The molecule has 1 heterocycles. The van der Waals surface area contributed by atoms with Crippen LogP contribution >= 0.6 is 27.3 Å². The molecule has 1 aromatic heterocycles. The fourth-order valence-electron chi connectivity index (χ4n) is 1.81. The number of halogens is 2. The van der Waals surface area contributed by atoms with Crippen molar-refractivity contribution in [2.24, 2.45) is 5.92 Å². The Kier molecular flexibility index (Phi) is 4.40. The normalized spacial score (nSPS) is 12.7. The first-order chi connectivity index (χ1) is 8.58. The molecule has 1 aromatic carbocycles. The van der Waals surface area contributed by atoms with Crippen LogP contribution in [0.1, 0.15) is 24.8 Å². The summed E-state index contributed by atoms with van der Waals surface area (Å²) in [6.07, 6.45) is 0. The van der Waals surface area contributed by atoms with E-state index in [0.29, 0.717) is 5.92 Å². The van der Waals surface area contributed by atoms with E-state index in [0.717, 1.165) is 10.2 Å². The number of thiophene rings is 1. The lowest BCUT2D eigenvalue weighted by molar-refractivity contribution is 0.553. The van der Waals surface area contributed by atoms with Crippen LogP contribution in [0.2, 0.25) is 0 Å². The monoisotopic (exact) mass is 327 g/mol. The number of anilines is 1. The van der Waals surface area contributed by atoms with Crippen LogP contribution in [0.4, 0.5) is 10.1 Å². The van der Waals surface area contributed by atoms with Gasteiger partial charge in [-0.2, -0.15) is 0 Å². The van der Waals surface area contributed by atoms with Crippen molar-refractivity contribution in [1.29, 1.82) is 0 Å². The van der Waals surface area contributed by atoms with E-state index in [1.54, 1.807) is 17.4 Å². The van der Waals surface area contributed by atoms with Gasteiger partial charge in [-0.3, -0.25) is 0 Å². The van der Waals surface area contributed by atoms with E-state index in [-0.39, 0.29) is 11.9 Å². The highest BCUT2D eigenvalue weighted by atomic mass is 79.9. The van der Waals surface area contributed by atoms with E-state index < -0.39 is 0 Å². The summed E-state index contributed by atoms with van der Waals surface area (Å²) in [7, 11) is 0. The molecule has 2 aromatic rings. The second-order valence-corrected chi connectivity index (χ2v) is 6.34. The third kappa shape index (κ3) is 3.12. The van der Waals surface area contributed by atoms with Crippen LogP contribution in [0.5, 0.6) is 0 Å². The SMILES string of the molecule is CC(C)C(Nc1ccc(F)cc1Br)c1cccs1. The van der Waals surface area contributed by atoms with Gasteiger partial charge in [0.25, 0.3) is 0 Å². The van der Waals surface area contributed by atoms with Gasteiger partial charge in [-0.05, 0) is 51.5 Å². The Morgan fingerprint density at radius 2 is 2.06 bits per heavy atom. The van der Waals surface area contributed by atoms with Crippen molar-refractivity contribution < 1.29 is 4.39 Å². The molecule has 0 aliphatic heterocycles. The van der Waals surface area contributed by atoms with Gasteiger partial charge in [-0.25, -0.2) is 4.39 Å². The molecule has 1 atom stereocenters. The van der Waals surface area contributed by atoms with Crippen LogP contribution in [-0.2, 0) is 0 Å². The summed E-state index contributed by atoms with van der Waals surface area (Å²) in [5.41, 5.74) is 0.920. The van der Waals surface area contributed by atoms with Gasteiger partial charge >= 0.3 is 0 Å². The Hall–Kier alpha value is -0.870. The first-order valence-electron chi connectivity index (χ1n) is 5.83. The van der Waals surface area contributed by atoms with Crippen LogP contribution in [-0.4, -0.2) is 0 Å². The van der Waals surface area contributed by atoms with E-state index in [1.165, 1.54) is 17.0 Å². The molecule has 96 valence electrons. The van der Waals surface area contributed by atoms with Crippen molar-refractivity contribution in [3.63, 3.8) is 0 Å². The van der Waals surface area contributed by atoms with Crippen molar-refractivity contribution in [2.75, 3.05) is 5.32 Å². The van der Waals surface area contributed by atoms with E-state index in [2.05, 4.69) is 52.6 Å². The summed E-state index contributed by atoms with van der Waals surface area (Å²) < 4.78 is 13.8. The molecule has 1 unspecified atom stereocenters. The first kappa shape index (κ1) is 13.6. The lowest BCUT2D eigenvalue weighted by Crippen LogP contribution is -2.15. The molecular weight excluding hydrogens is 313 g/mol. The van der Waals surface area contributed by atoms with Gasteiger partial charge in [-0.15, -0.1) is 11.3 Å². The largest absolute Gasteiger partial charge is 0.376 e. The van der Waals surface area contributed by atoms with Crippen molar-refractivity contribution in [3.8, 4) is 0 Å². The zero-order chi connectivity index (χ0) is 13.1. The summed E-state index contributed by atoms with van der Waals surface area (Å²) in [5, 5.41) is 5.55. The molecule has 1 N–H and O–H groups in total. The van der Waals surface area contributed by atoms with E-state index >= 15 is 0 Å². The van der Waals surface area contributed by atoms with Crippen molar-refractivity contribution in [1.82, 2.24) is 0 Å². The van der Waals surface area contributed by atoms with E-state index in [9.17, 15) is 4.39 Å². The van der Waals surface area contributed by atoms with Gasteiger partial charge in [0, 0.05) is 15.0 Å². The average molecular weight is 328 g/mol. The van der Waals surface area contributed by atoms with E-state index in [4.69, 9.17) is 0 Å². The molecule has 4 heteroatoms. The molecule has 18 heavy (non-hydrogen) atoms. The Morgan fingerprint density at radius 1 is 1.28 bits per heavy atom. The smallest absolute Gasteiger partial charge is 0.124 e. The summed E-state index contributed by atoms with van der Waals surface area (Å²) >= 11 is 5.12. The maximum absolute atomic E-state index is 13.1. The molecule has 0 saturated heterocycles. The molecular formula is C14H15BrFNS. The third-order valence-electron chi connectivity index (χ3n) is 2.76. The van der Waals surface area contributed by atoms with Gasteiger partial charge in [0.1, 0.15) is 5.82 Å². The zero-order valence-corrected chi connectivity index (χ0v) is 12.7. The number of benzene rings is 1. The maximum atomic E-state index is 13.1. The zero-order valence-electron chi connectivity index (χ0n) is 10.3. The second kappa shape index (κ2) is 5.85. The lowest BCUT2D eigenvalue weighted by atomic mass is 10.0. The summed E-state index contributed by atoms with van der Waals surface area (Å²) in [6, 6.07) is 9.14. The number of hydrogen-bond acceptors (Lipinski definition) is 2. The molecule has 0 bridgehead atoms. The van der Waals surface area contributed by atoms with Crippen LogP contribution < -0.4 is 5.32 Å². The fourth-order valence-corrected chi connectivity index (χ4v) is 3.22. The highest BCUT2D eigenvalue weighted by Crippen LogP contribution is 2.32. The molecule has 0 amide bonds. The van der Waals surface area contributed by atoms with Gasteiger partial charge in [-0.1, -0.05) is 19.9 Å². The number of rotatable bonds is 4. The minimum absolute atomic E-state index is 0.232. The average Bonchev–Trinajstić information content (AvgIpc) is 2.80. The molecule has 0 spiro atoms. The predicted octanol–water partition coefficient (Wildman–Crippen LogP) is 5.46. The van der Waals surface area contributed by atoms with Crippen LogP contribution in [0.3, 0.4) is 0 Å². The number of hydrogen-bond donors (Lipinski definition) is 1. The van der Waals surface area contributed by atoms with Gasteiger partial charge in [0.05, 0.1) is 6.04 Å². The quantitative estimate of drug-likeness (QED) is 0.786. The van der Waals surface area contributed by atoms with E-state index in [1.807, 2.05) is 0 Å². The van der Waals surface area contributed by atoms with Gasteiger partial charge < -0.3 is 5.32 Å². The van der Waals surface area contributed by atoms with Crippen LogP contribution in [0, 0.1) is 11.7 Å². The Bertz CT molecular complexity index is 511. The molecule has 0 radical (unpaired) electrons. The highest BCUT2D eigenvalue weighted by Gasteiger charge is 2.17. The van der Waals surface area contributed by atoms with Crippen LogP contribution in [0.15, 0.2) is 40.2 Å². The molecule has 2 rings (SSSR count). The predicted molar refractivity (Wildman–Crippen MR) is 79.6 cm³/mol. The molecule has 0 saturated carbocycles. The Balaban J connectivity index is 2.24. The summed E-state index contributed by atoms with van der Waals surface area (Å²) in [4.78, 5) is 1.29. The minimum atomic E-state index is -0.232. The molecule has 0 aliphatic carbocycles. The fraction of sp³-hybridized carbons (Fsp3) is 0.286. The second-order valence-electron chi connectivity index (χ2n) is 4.51. The van der Waals surface area contributed by atoms with Crippen molar-refractivity contribution in [3.05, 3.63) is 50.9 Å².